The smallest absolute Gasteiger partial charge is 0.410 e. The number of rotatable bonds is 8. The topological polar surface area (TPSA) is 197 Å². The van der Waals surface area contributed by atoms with Crippen LogP contribution in [0.25, 0.3) is 33.5 Å². The number of amides is 2. The number of aryl methyl sites for hydroxylation is 2. The van der Waals surface area contributed by atoms with Gasteiger partial charge in [0.2, 0.25) is 5.88 Å². The Kier molecular flexibility index (Phi) is 12.7. The summed E-state index contributed by atoms with van der Waals surface area (Å²) in [6.07, 6.45) is 14.1. The van der Waals surface area contributed by atoms with Gasteiger partial charge < -0.3 is 34.4 Å². The number of hydrogen-bond acceptors (Lipinski definition) is 13. The molecule has 8 heterocycles. The lowest BCUT2D eigenvalue weighted by molar-refractivity contribution is 0.0187. The molecular formula is C43H59N13O6. The zero-order valence-corrected chi connectivity index (χ0v) is 37.2. The zero-order valence-electron chi connectivity index (χ0n) is 37.2. The minimum Gasteiger partial charge on any atom is -0.481 e. The summed E-state index contributed by atoms with van der Waals surface area (Å²) in [4.78, 5) is 38.6. The monoisotopic (exact) mass is 853 g/mol. The summed E-state index contributed by atoms with van der Waals surface area (Å²) in [5, 5.41) is 30.0. The van der Waals surface area contributed by atoms with E-state index in [0.29, 0.717) is 49.9 Å². The molecule has 6 aromatic heterocycles. The number of nitrogens with zero attached hydrogens (tertiary/aromatic N) is 12. The van der Waals surface area contributed by atoms with Crippen LogP contribution in [-0.2, 0) is 23.6 Å². The molecule has 332 valence electrons. The summed E-state index contributed by atoms with van der Waals surface area (Å²) in [7, 11) is 5.37. The summed E-state index contributed by atoms with van der Waals surface area (Å²) in [5.41, 5.74) is 5.80. The third kappa shape index (κ3) is 10.1. The quantitative estimate of drug-likeness (QED) is 0.184. The molecule has 0 bridgehead atoms. The van der Waals surface area contributed by atoms with Gasteiger partial charge in [0.1, 0.15) is 17.0 Å². The van der Waals surface area contributed by atoms with Crippen molar-refractivity contribution in [3.8, 4) is 28.1 Å². The Labute approximate surface area is 361 Å². The van der Waals surface area contributed by atoms with Gasteiger partial charge in [-0.3, -0.25) is 9.36 Å². The Morgan fingerprint density at radius 1 is 0.726 bits per heavy atom. The number of methoxy groups -OCH3 is 1. The number of carbonyl (C=O) groups is 2. The molecule has 2 fully saturated rings. The van der Waals surface area contributed by atoms with Crippen LogP contribution < -0.4 is 10.1 Å². The maximum absolute atomic E-state index is 12.6. The molecule has 0 spiro atoms. The van der Waals surface area contributed by atoms with E-state index in [9.17, 15) is 14.7 Å². The van der Waals surface area contributed by atoms with Crippen molar-refractivity contribution in [3.05, 3.63) is 60.7 Å². The van der Waals surface area contributed by atoms with Crippen molar-refractivity contribution in [1.82, 2.24) is 58.6 Å². The highest BCUT2D eigenvalue weighted by Gasteiger charge is 2.32. The molecule has 0 radical (unpaired) electrons. The predicted octanol–water partition coefficient (Wildman–Crippen LogP) is 5.90. The first-order chi connectivity index (χ1) is 29.5. The average molecular weight is 854 g/mol. The van der Waals surface area contributed by atoms with Crippen molar-refractivity contribution in [2.24, 2.45) is 14.1 Å². The lowest BCUT2D eigenvalue weighted by Gasteiger charge is -2.34. The molecule has 2 aliphatic rings. The fourth-order valence-corrected chi connectivity index (χ4v) is 7.76. The number of fused-ring (bicyclic) bond motifs is 2. The van der Waals surface area contributed by atoms with E-state index < -0.39 is 11.2 Å². The molecule has 2 aliphatic heterocycles. The molecular weight excluding hydrogens is 795 g/mol. The van der Waals surface area contributed by atoms with Gasteiger partial charge in [0.05, 0.1) is 49.9 Å². The first kappa shape index (κ1) is 43.8. The van der Waals surface area contributed by atoms with Crippen LogP contribution in [0.3, 0.4) is 0 Å². The van der Waals surface area contributed by atoms with Gasteiger partial charge in [0.15, 0.2) is 11.3 Å². The van der Waals surface area contributed by atoms with E-state index >= 15 is 0 Å². The van der Waals surface area contributed by atoms with Crippen molar-refractivity contribution in [3.63, 3.8) is 0 Å². The Morgan fingerprint density at radius 3 is 1.66 bits per heavy atom. The molecule has 8 rings (SSSR count). The van der Waals surface area contributed by atoms with Crippen molar-refractivity contribution in [1.29, 1.82) is 0 Å². The lowest BCUT2D eigenvalue weighted by atomic mass is 9.94. The van der Waals surface area contributed by atoms with Crippen molar-refractivity contribution >= 4 is 29.3 Å². The number of carbonyl (C=O) groups excluding carboxylic acids is 2. The molecule has 0 aromatic carbocycles. The lowest BCUT2D eigenvalue weighted by Crippen LogP contribution is -2.42. The van der Waals surface area contributed by atoms with Gasteiger partial charge in [-0.2, -0.15) is 29.4 Å². The van der Waals surface area contributed by atoms with Crippen LogP contribution in [0.2, 0.25) is 0 Å². The summed E-state index contributed by atoms with van der Waals surface area (Å²) in [6, 6.07) is 3.88. The number of anilines is 1. The van der Waals surface area contributed by atoms with Gasteiger partial charge in [-0.05, 0) is 67.2 Å². The first-order valence-corrected chi connectivity index (χ1v) is 21.1. The number of likely N-dealkylation sites (tertiary alicyclic amines) is 2. The Morgan fingerprint density at radius 2 is 1.21 bits per heavy atom. The minimum absolute atomic E-state index is 0.00569. The number of ether oxygens (including phenoxy) is 3. The molecule has 62 heavy (non-hydrogen) atoms. The molecule has 2 unspecified atom stereocenters. The summed E-state index contributed by atoms with van der Waals surface area (Å²) in [6.45, 7) is 14.2. The minimum atomic E-state index is -0.529. The van der Waals surface area contributed by atoms with Crippen molar-refractivity contribution in [2.45, 2.75) is 90.3 Å². The highest BCUT2D eigenvalue weighted by atomic mass is 16.6. The summed E-state index contributed by atoms with van der Waals surface area (Å²) < 4.78 is 23.7. The highest BCUT2D eigenvalue weighted by molar-refractivity contribution is 5.78. The van der Waals surface area contributed by atoms with E-state index in [2.05, 4.69) is 25.7 Å². The summed E-state index contributed by atoms with van der Waals surface area (Å²) in [5.74, 6) is 1.54. The van der Waals surface area contributed by atoms with Crippen LogP contribution in [0.5, 0.6) is 5.88 Å². The van der Waals surface area contributed by atoms with E-state index in [-0.39, 0.29) is 30.6 Å². The fraction of sp³-hybridized carbons (Fsp3) is 0.535. The number of piperidine rings is 2. The number of aliphatic hydroxyl groups excluding tert-OH is 1. The maximum Gasteiger partial charge on any atom is 0.410 e. The Balaban J connectivity index is 0.000000187. The van der Waals surface area contributed by atoms with Crippen LogP contribution in [0.1, 0.15) is 90.4 Å². The van der Waals surface area contributed by atoms with Gasteiger partial charge in [0.25, 0.3) is 0 Å². The Bertz CT molecular complexity index is 2510. The molecule has 2 saturated heterocycles. The molecule has 19 nitrogen and oxygen atoms in total. The zero-order chi connectivity index (χ0) is 44.3. The van der Waals surface area contributed by atoms with Gasteiger partial charge in [0, 0.05) is 105 Å². The van der Waals surface area contributed by atoms with E-state index in [4.69, 9.17) is 24.2 Å². The number of nitrogens with one attached hydrogen (secondary N) is 1. The third-order valence-corrected chi connectivity index (χ3v) is 10.6. The van der Waals surface area contributed by atoms with Crippen LogP contribution >= 0.6 is 0 Å². The summed E-state index contributed by atoms with van der Waals surface area (Å²) >= 11 is 0. The van der Waals surface area contributed by atoms with Crippen LogP contribution in [0, 0.1) is 0 Å². The average Bonchev–Trinajstić information content (AvgIpc) is 4.05. The van der Waals surface area contributed by atoms with E-state index in [1.165, 1.54) is 0 Å². The number of aromatic nitrogens is 10. The van der Waals surface area contributed by atoms with Gasteiger partial charge in [-0.15, -0.1) is 0 Å². The van der Waals surface area contributed by atoms with Crippen LogP contribution in [0.4, 0.5) is 15.4 Å². The largest absolute Gasteiger partial charge is 0.481 e. The van der Waals surface area contributed by atoms with E-state index in [1.807, 2.05) is 80.2 Å². The van der Waals surface area contributed by atoms with E-state index in [1.54, 1.807) is 60.1 Å². The molecule has 2 amide bonds. The van der Waals surface area contributed by atoms with Gasteiger partial charge in [-0.25, -0.2) is 19.6 Å². The van der Waals surface area contributed by atoms with Gasteiger partial charge >= 0.3 is 12.2 Å². The van der Waals surface area contributed by atoms with Crippen LogP contribution in [0.15, 0.2) is 49.3 Å². The molecule has 0 aliphatic carbocycles. The molecule has 6 aromatic rings. The van der Waals surface area contributed by atoms with Crippen molar-refractivity contribution < 1.29 is 28.9 Å². The SMILES string of the molecule is COc1cc(C2CCCN(C(=O)OC(C)(C)C)C2)nc2c(-c3cnn(C)c3)cnn12.Cn1cc(-c2cnn3c(NCCO)cc(C4CCCN(C(=O)OC(C)(C)C)C4)nc23)cn1. The second-order valence-corrected chi connectivity index (χ2v) is 17.9. The van der Waals surface area contributed by atoms with E-state index in [0.717, 1.165) is 65.1 Å². The van der Waals surface area contributed by atoms with Crippen molar-refractivity contribution in [2.75, 3.05) is 51.8 Å². The molecule has 19 heteroatoms. The third-order valence-electron chi connectivity index (χ3n) is 10.6. The normalized spacial score (nSPS) is 17.2. The molecule has 2 N–H and O–H groups in total. The maximum atomic E-state index is 12.6. The van der Waals surface area contributed by atoms with Gasteiger partial charge in [-0.1, -0.05) is 0 Å². The second kappa shape index (κ2) is 18.0. The Hall–Kier alpha value is -6.24. The van der Waals surface area contributed by atoms with Crippen LogP contribution in [-0.4, -0.2) is 133 Å². The number of hydrogen-bond donors (Lipinski definition) is 2. The molecule has 2 atom stereocenters. The standard InChI is InChI=1S/C22H31N7O3.C21H28N6O3/c1-22(2,3)32-21(31)28-8-5-6-15(14-28)18-10-19(23-7-9-30)29-20(26-18)17(12-25-29)16-11-24-27(4)13-16;1-21(2,3)30-20(28)26-8-6-7-14(13-26)17-9-18(29-5)27-19(24-17)16(11-23-27)15-10-22-25(4)12-15/h10-13,15,23,30H,5-9,14H2,1-4H3;9-12,14H,6-8,13H2,1-5H3. The second-order valence-electron chi connectivity index (χ2n) is 17.9. The first-order valence-electron chi connectivity index (χ1n) is 21.1. The molecule has 0 saturated carbocycles. The fourth-order valence-electron chi connectivity index (χ4n) is 7.76. The number of aliphatic hydroxyl groups is 1. The highest BCUT2D eigenvalue weighted by Crippen LogP contribution is 2.34. The predicted molar refractivity (Wildman–Crippen MR) is 232 cm³/mol.